The van der Waals surface area contributed by atoms with Crippen LogP contribution in [0.4, 0.5) is 9.80 Å². The van der Waals surface area contributed by atoms with E-state index >= 15 is 0 Å². The van der Waals surface area contributed by atoms with Crippen LogP contribution in [-0.4, -0.2) is 35.2 Å². The highest BCUT2D eigenvalue weighted by molar-refractivity contribution is 9.10. The third-order valence-electron chi connectivity index (χ3n) is 5.40. The number of benzene rings is 1. The molecule has 156 valence electrons. The van der Waals surface area contributed by atoms with Crippen molar-refractivity contribution in [2.75, 3.05) is 11.9 Å². The number of nitrogens with two attached hydrogens (primary N) is 1. The largest absolute Gasteiger partial charge is 0.365 e. The third kappa shape index (κ3) is 3.39. The van der Waals surface area contributed by atoms with Crippen molar-refractivity contribution in [1.82, 2.24) is 10.2 Å². The topological polar surface area (TPSA) is 122 Å². The lowest BCUT2D eigenvalue weighted by molar-refractivity contribution is -0.133. The Balaban J connectivity index is 1.53. The second kappa shape index (κ2) is 7.51. The van der Waals surface area contributed by atoms with Crippen LogP contribution in [-0.2, 0) is 28.0 Å². The van der Waals surface area contributed by atoms with E-state index < -0.39 is 35.8 Å². The highest BCUT2D eigenvalue weighted by atomic mass is 79.9. The van der Waals surface area contributed by atoms with Gasteiger partial charge >= 0.3 is 6.03 Å². The molecule has 5 amide bonds. The van der Waals surface area contributed by atoms with Crippen LogP contribution in [0.1, 0.15) is 39.7 Å². The number of carbonyl (C=O) groups excluding carboxylic acids is 4. The number of amides is 5. The van der Waals surface area contributed by atoms with E-state index in [0.29, 0.717) is 16.1 Å². The number of urea groups is 1. The zero-order valence-electron chi connectivity index (χ0n) is 16.1. The van der Waals surface area contributed by atoms with E-state index in [2.05, 4.69) is 26.6 Å². The lowest BCUT2D eigenvalue weighted by atomic mass is 9.92. The molecule has 10 heteroatoms. The summed E-state index contributed by atoms with van der Waals surface area (Å²) in [6.07, 6.45) is 2.54. The van der Waals surface area contributed by atoms with Gasteiger partial charge in [-0.2, -0.15) is 0 Å². The second-order valence-electron chi connectivity index (χ2n) is 7.43. The van der Waals surface area contributed by atoms with Gasteiger partial charge in [0.1, 0.15) is 17.1 Å². The van der Waals surface area contributed by atoms with Crippen molar-refractivity contribution in [3.05, 3.63) is 50.3 Å². The first-order chi connectivity index (χ1) is 14.2. The highest BCUT2D eigenvalue weighted by Crippen LogP contribution is 2.39. The lowest BCUT2D eigenvalue weighted by Crippen LogP contribution is -2.42. The molecule has 1 unspecified atom stereocenters. The van der Waals surface area contributed by atoms with Gasteiger partial charge in [0.25, 0.3) is 11.8 Å². The van der Waals surface area contributed by atoms with Crippen molar-refractivity contribution < 1.29 is 19.2 Å². The van der Waals surface area contributed by atoms with Gasteiger partial charge in [-0.3, -0.25) is 19.3 Å². The van der Waals surface area contributed by atoms with Gasteiger partial charge < -0.3 is 16.4 Å². The Bertz CT molecular complexity index is 1100. The number of imide groups is 1. The molecule has 4 N–H and O–H groups in total. The summed E-state index contributed by atoms with van der Waals surface area (Å²) < 4.78 is 0.768. The van der Waals surface area contributed by atoms with Gasteiger partial charge in [-0.15, -0.1) is 11.3 Å². The van der Waals surface area contributed by atoms with Gasteiger partial charge in [-0.25, -0.2) is 4.79 Å². The van der Waals surface area contributed by atoms with E-state index in [1.165, 1.54) is 11.3 Å². The highest BCUT2D eigenvalue weighted by Gasteiger charge is 2.49. The van der Waals surface area contributed by atoms with Crippen molar-refractivity contribution >= 4 is 56.0 Å². The molecular weight excluding hydrogens is 472 g/mol. The van der Waals surface area contributed by atoms with Crippen LogP contribution in [0.25, 0.3) is 0 Å². The Morgan fingerprint density at radius 1 is 1.33 bits per heavy atom. The van der Waals surface area contributed by atoms with E-state index in [1.54, 1.807) is 25.1 Å². The van der Waals surface area contributed by atoms with E-state index in [-0.39, 0.29) is 0 Å². The van der Waals surface area contributed by atoms with E-state index in [4.69, 9.17) is 5.73 Å². The summed E-state index contributed by atoms with van der Waals surface area (Å²) in [5, 5.41) is 5.71. The Labute approximate surface area is 184 Å². The van der Waals surface area contributed by atoms with Crippen LogP contribution in [0, 0.1) is 0 Å². The van der Waals surface area contributed by atoms with Gasteiger partial charge in [0, 0.05) is 9.35 Å². The molecule has 1 aliphatic carbocycles. The van der Waals surface area contributed by atoms with Crippen LogP contribution in [0.3, 0.4) is 0 Å². The SMILES string of the molecule is CC1(c2cccc(Br)c2)NC(=O)N(CC(=O)Nc2sc3c(c2C(N)=O)CCC3)C1=O. The molecule has 8 nitrogen and oxygen atoms in total. The predicted molar refractivity (Wildman–Crippen MR) is 115 cm³/mol. The van der Waals surface area contributed by atoms with Crippen LogP contribution >= 0.6 is 27.3 Å². The Hall–Kier alpha value is -2.72. The normalized spacial score (nSPS) is 20.3. The maximum absolute atomic E-state index is 13.0. The fourth-order valence-electron chi connectivity index (χ4n) is 3.90. The summed E-state index contributed by atoms with van der Waals surface area (Å²) in [5.74, 6) is -1.69. The van der Waals surface area contributed by atoms with Crippen molar-refractivity contribution in [2.45, 2.75) is 31.7 Å². The summed E-state index contributed by atoms with van der Waals surface area (Å²) in [4.78, 5) is 51.9. The van der Waals surface area contributed by atoms with Crippen LogP contribution in [0.2, 0.25) is 0 Å². The summed E-state index contributed by atoms with van der Waals surface area (Å²) in [6, 6.07) is 6.41. The molecule has 2 aromatic rings. The number of carbonyl (C=O) groups is 4. The number of thiophene rings is 1. The molecule has 0 saturated carbocycles. The summed E-state index contributed by atoms with van der Waals surface area (Å²) in [5.41, 5.74) is 6.06. The number of fused-ring (bicyclic) bond motifs is 1. The zero-order valence-corrected chi connectivity index (χ0v) is 18.5. The fraction of sp³-hybridized carbons (Fsp3) is 0.300. The molecule has 30 heavy (non-hydrogen) atoms. The molecule has 0 bridgehead atoms. The first-order valence-corrected chi connectivity index (χ1v) is 11.0. The fourth-order valence-corrected chi connectivity index (χ4v) is 5.61. The average molecular weight is 491 g/mol. The summed E-state index contributed by atoms with van der Waals surface area (Å²) >= 11 is 4.68. The van der Waals surface area contributed by atoms with E-state index in [9.17, 15) is 19.2 Å². The van der Waals surface area contributed by atoms with Crippen molar-refractivity contribution in [3.63, 3.8) is 0 Å². The molecule has 1 saturated heterocycles. The smallest absolute Gasteiger partial charge is 0.325 e. The minimum atomic E-state index is -1.27. The molecule has 1 aromatic heterocycles. The number of aryl methyl sites for hydroxylation is 1. The van der Waals surface area contributed by atoms with Gasteiger partial charge in [-0.05, 0) is 49.4 Å². The van der Waals surface area contributed by atoms with Crippen molar-refractivity contribution in [1.29, 1.82) is 0 Å². The number of nitrogens with one attached hydrogen (secondary N) is 2. The second-order valence-corrected chi connectivity index (χ2v) is 9.45. The van der Waals surface area contributed by atoms with Crippen LogP contribution in [0.5, 0.6) is 0 Å². The monoisotopic (exact) mass is 490 g/mol. The first-order valence-electron chi connectivity index (χ1n) is 9.35. The first kappa shape index (κ1) is 20.5. The quantitative estimate of drug-likeness (QED) is 0.557. The van der Waals surface area contributed by atoms with Crippen LogP contribution in [0.15, 0.2) is 28.7 Å². The molecule has 0 spiro atoms. The van der Waals surface area contributed by atoms with E-state index in [1.807, 2.05) is 6.07 Å². The van der Waals surface area contributed by atoms with Crippen molar-refractivity contribution in [2.24, 2.45) is 5.73 Å². The van der Waals surface area contributed by atoms with Gasteiger partial charge in [0.05, 0.1) is 5.56 Å². The number of rotatable bonds is 5. The number of hydrogen-bond acceptors (Lipinski definition) is 5. The maximum atomic E-state index is 13.0. The van der Waals surface area contributed by atoms with Crippen LogP contribution < -0.4 is 16.4 Å². The Kier molecular flexibility index (Phi) is 5.15. The number of hydrogen-bond donors (Lipinski definition) is 3. The zero-order chi connectivity index (χ0) is 21.6. The average Bonchev–Trinajstić information content (AvgIpc) is 3.30. The molecule has 1 atom stereocenters. The predicted octanol–water partition coefficient (Wildman–Crippen LogP) is 2.50. The number of anilines is 1. The molecule has 0 radical (unpaired) electrons. The molecule has 4 rings (SSSR count). The van der Waals surface area contributed by atoms with Gasteiger partial charge in [0.15, 0.2) is 0 Å². The molecule has 1 fully saturated rings. The van der Waals surface area contributed by atoms with E-state index in [0.717, 1.165) is 39.1 Å². The lowest BCUT2D eigenvalue weighted by Gasteiger charge is -2.22. The summed E-state index contributed by atoms with van der Waals surface area (Å²) in [7, 11) is 0. The van der Waals surface area contributed by atoms with Gasteiger partial charge in [-0.1, -0.05) is 28.1 Å². The summed E-state index contributed by atoms with van der Waals surface area (Å²) in [6.45, 7) is 1.14. The molecule has 1 aliphatic heterocycles. The Morgan fingerprint density at radius 2 is 2.10 bits per heavy atom. The molecule has 1 aromatic carbocycles. The molecule has 2 aliphatic rings. The minimum Gasteiger partial charge on any atom is -0.365 e. The number of nitrogens with zero attached hydrogens (tertiary/aromatic N) is 1. The number of primary amides is 1. The standard InChI is InChI=1S/C20H19BrN4O4S/c1-20(10-4-2-5-11(21)8-10)18(28)25(19(29)24-20)9-14(26)23-17-15(16(22)27)12-6-3-7-13(12)30-17/h2,4-5,8H,3,6-7,9H2,1H3,(H2,22,27)(H,23,26)(H,24,29). The molecule has 2 heterocycles. The third-order valence-corrected chi connectivity index (χ3v) is 7.10. The minimum absolute atomic E-state index is 0.331. The van der Waals surface area contributed by atoms with Crippen molar-refractivity contribution in [3.8, 4) is 0 Å². The van der Waals surface area contributed by atoms with Gasteiger partial charge in [0.2, 0.25) is 5.91 Å². The molecular formula is C20H19BrN4O4S. The number of halogens is 1. The maximum Gasteiger partial charge on any atom is 0.325 e. The Morgan fingerprint density at radius 3 is 2.80 bits per heavy atom.